The van der Waals surface area contributed by atoms with E-state index in [9.17, 15) is 4.79 Å². The summed E-state index contributed by atoms with van der Waals surface area (Å²) in [5, 5.41) is 8.21. The number of rotatable bonds is 6. The molecule has 0 saturated carbocycles. The van der Waals surface area contributed by atoms with Gasteiger partial charge >= 0.3 is 0 Å². The molecule has 2 heterocycles. The molecule has 1 amide bonds. The molecule has 5 heteroatoms. The minimum absolute atomic E-state index is 0.131. The van der Waals surface area contributed by atoms with Gasteiger partial charge in [0.1, 0.15) is 0 Å². The lowest BCUT2D eigenvalue weighted by atomic mass is 10.2. The zero-order chi connectivity index (χ0) is 12.8. The van der Waals surface area contributed by atoms with Crippen LogP contribution in [0.2, 0.25) is 0 Å². The average molecular weight is 267 g/mol. The highest BCUT2D eigenvalue weighted by molar-refractivity contribution is 7.09. The van der Waals surface area contributed by atoms with Crippen molar-refractivity contribution in [2.24, 2.45) is 0 Å². The normalized spacial score (nSPS) is 20.2. The van der Waals surface area contributed by atoms with E-state index in [1.165, 1.54) is 17.7 Å². The standard InChI is InChI=1S/C13H21N3OS/c1-14-8-11-4-2-6-16(11)10-13(17)15-9-12-5-3-7-18-12/h3,5,7,11,14H,2,4,6,8-10H2,1H3,(H,15,17). The minimum Gasteiger partial charge on any atom is -0.350 e. The van der Waals surface area contributed by atoms with Crippen LogP contribution in [0.25, 0.3) is 0 Å². The number of nitrogens with zero attached hydrogens (tertiary/aromatic N) is 1. The molecule has 1 fully saturated rings. The molecule has 0 spiro atoms. The second kappa shape index (κ2) is 6.87. The van der Waals surface area contributed by atoms with Crippen LogP contribution < -0.4 is 10.6 Å². The Bertz CT molecular complexity index is 366. The van der Waals surface area contributed by atoms with Crippen molar-refractivity contribution >= 4 is 17.2 Å². The van der Waals surface area contributed by atoms with Crippen LogP contribution >= 0.6 is 11.3 Å². The van der Waals surface area contributed by atoms with E-state index in [4.69, 9.17) is 0 Å². The van der Waals surface area contributed by atoms with Gasteiger partial charge in [0.15, 0.2) is 0 Å². The molecule has 18 heavy (non-hydrogen) atoms. The molecule has 1 aromatic rings. The highest BCUT2D eigenvalue weighted by Gasteiger charge is 2.25. The van der Waals surface area contributed by atoms with Crippen LogP contribution in [0.15, 0.2) is 17.5 Å². The maximum absolute atomic E-state index is 11.9. The maximum atomic E-state index is 11.9. The van der Waals surface area contributed by atoms with Crippen molar-refractivity contribution in [2.75, 3.05) is 26.7 Å². The van der Waals surface area contributed by atoms with Crippen molar-refractivity contribution in [3.63, 3.8) is 0 Å². The Labute approximate surface area is 112 Å². The molecule has 0 aliphatic carbocycles. The predicted octanol–water partition coefficient (Wildman–Crippen LogP) is 1.05. The van der Waals surface area contributed by atoms with Gasteiger partial charge in [-0.25, -0.2) is 0 Å². The summed E-state index contributed by atoms with van der Waals surface area (Å²) in [5.41, 5.74) is 0. The first kappa shape index (κ1) is 13.5. The molecule has 1 aliphatic heterocycles. The SMILES string of the molecule is CNCC1CCCN1CC(=O)NCc1cccs1. The molecule has 1 aromatic heterocycles. The number of carbonyl (C=O) groups is 1. The largest absolute Gasteiger partial charge is 0.350 e. The molecule has 2 rings (SSSR count). The molecule has 2 N–H and O–H groups in total. The molecule has 0 radical (unpaired) electrons. The Kier molecular flexibility index (Phi) is 5.16. The maximum Gasteiger partial charge on any atom is 0.234 e. The second-order valence-corrected chi connectivity index (χ2v) is 5.71. The first-order valence-corrected chi connectivity index (χ1v) is 7.35. The topological polar surface area (TPSA) is 44.4 Å². The van der Waals surface area contributed by atoms with Gasteiger partial charge in [-0.15, -0.1) is 11.3 Å². The number of hydrogen-bond acceptors (Lipinski definition) is 4. The van der Waals surface area contributed by atoms with E-state index < -0.39 is 0 Å². The summed E-state index contributed by atoms with van der Waals surface area (Å²) in [6.45, 7) is 3.19. The van der Waals surface area contributed by atoms with E-state index in [2.05, 4.69) is 15.5 Å². The molecule has 0 bridgehead atoms. The summed E-state index contributed by atoms with van der Waals surface area (Å²) in [7, 11) is 1.97. The van der Waals surface area contributed by atoms with Crippen LogP contribution in [0.4, 0.5) is 0 Å². The molecular formula is C13H21N3OS. The fraction of sp³-hybridized carbons (Fsp3) is 0.615. The lowest BCUT2D eigenvalue weighted by molar-refractivity contribution is -0.122. The number of hydrogen-bond donors (Lipinski definition) is 2. The highest BCUT2D eigenvalue weighted by atomic mass is 32.1. The van der Waals surface area contributed by atoms with Crippen molar-refractivity contribution in [3.05, 3.63) is 22.4 Å². The second-order valence-electron chi connectivity index (χ2n) is 4.68. The zero-order valence-corrected chi connectivity index (χ0v) is 11.6. The van der Waals surface area contributed by atoms with Crippen molar-refractivity contribution < 1.29 is 4.79 Å². The van der Waals surface area contributed by atoms with Crippen molar-refractivity contribution in [3.8, 4) is 0 Å². The van der Waals surface area contributed by atoms with Gasteiger partial charge in [-0.05, 0) is 37.9 Å². The van der Waals surface area contributed by atoms with Crippen molar-refractivity contribution in [1.29, 1.82) is 0 Å². The fourth-order valence-corrected chi connectivity index (χ4v) is 3.05. The third-order valence-electron chi connectivity index (χ3n) is 3.33. The molecule has 0 aromatic carbocycles. The van der Waals surface area contributed by atoms with E-state index in [1.807, 2.05) is 24.6 Å². The Balaban J connectivity index is 1.73. The zero-order valence-electron chi connectivity index (χ0n) is 10.8. The van der Waals surface area contributed by atoms with Crippen LogP contribution in [0.1, 0.15) is 17.7 Å². The molecule has 1 saturated heterocycles. The number of likely N-dealkylation sites (N-methyl/N-ethyl adjacent to an activating group) is 1. The highest BCUT2D eigenvalue weighted by Crippen LogP contribution is 2.15. The first-order valence-electron chi connectivity index (χ1n) is 6.47. The third kappa shape index (κ3) is 3.80. The van der Waals surface area contributed by atoms with Gasteiger partial charge in [-0.1, -0.05) is 6.07 Å². The molecule has 100 valence electrons. The van der Waals surface area contributed by atoms with Crippen molar-refractivity contribution in [1.82, 2.24) is 15.5 Å². The monoisotopic (exact) mass is 267 g/mol. The van der Waals surface area contributed by atoms with Crippen LogP contribution in [0.5, 0.6) is 0 Å². The number of carbonyl (C=O) groups excluding carboxylic acids is 1. The smallest absolute Gasteiger partial charge is 0.234 e. The summed E-state index contributed by atoms with van der Waals surface area (Å²) < 4.78 is 0. The van der Waals surface area contributed by atoms with Crippen LogP contribution in [-0.2, 0) is 11.3 Å². The van der Waals surface area contributed by atoms with Gasteiger partial charge in [0.25, 0.3) is 0 Å². The Morgan fingerprint density at radius 1 is 1.61 bits per heavy atom. The average Bonchev–Trinajstić information content (AvgIpc) is 2.99. The van der Waals surface area contributed by atoms with Crippen LogP contribution in [0.3, 0.4) is 0 Å². The Hall–Kier alpha value is -0.910. The molecule has 4 nitrogen and oxygen atoms in total. The van der Waals surface area contributed by atoms with Gasteiger partial charge in [-0.2, -0.15) is 0 Å². The molecule has 1 unspecified atom stereocenters. The first-order chi connectivity index (χ1) is 8.79. The summed E-state index contributed by atoms with van der Waals surface area (Å²) >= 11 is 1.68. The number of thiophene rings is 1. The van der Waals surface area contributed by atoms with Gasteiger partial charge in [-0.3, -0.25) is 9.69 Å². The van der Waals surface area contributed by atoms with E-state index in [0.717, 1.165) is 13.1 Å². The Morgan fingerprint density at radius 2 is 2.50 bits per heavy atom. The fourth-order valence-electron chi connectivity index (χ4n) is 2.41. The Morgan fingerprint density at radius 3 is 3.22 bits per heavy atom. The predicted molar refractivity (Wildman–Crippen MR) is 74.7 cm³/mol. The summed E-state index contributed by atoms with van der Waals surface area (Å²) in [6.07, 6.45) is 2.39. The third-order valence-corrected chi connectivity index (χ3v) is 4.20. The van der Waals surface area contributed by atoms with Gasteiger partial charge in [0, 0.05) is 17.5 Å². The lowest BCUT2D eigenvalue weighted by Gasteiger charge is -2.23. The molecule has 1 aliphatic rings. The van der Waals surface area contributed by atoms with E-state index in [0.29, 0.717) is 19.1 Å². The van der Waals surface area contributed by atoms with Gasteiger partial charge in [0.2, 0.25) is 5.91 Å². The quantitative estimate of drug-likeness (QED) is 0.810. The molecule has 1 atom stereocenters. The van der Waals surface area contributed by atoms with E-state index >= 15 is 0 Å². The van der Waals surface area contributed by atoms with Gasteiger partial charge < -0.3 is 10.6 Å². The van der Waals surface area contributed by atoms with E-state index in [1.54, 1.807) is 11.3 Å². The van der Waals surface area contributed by atoms with Crippen molar-refractivity contribution in [2.45, 2.75) is 25.4 Å². The van der Waals surface area contributed by atoms with E-state index in [-0.39, 0.29) is 5.91 Å². The summed E-state index contributed by atoms with van der Waals surface area (Å²) in [6, 6.07) is 4.57. The summed E-state index contributed by atoms with van der Waals surface area (Å²) in [4.78, 5) is 15.4. The lowest BCUT2D eigenvalue weighted by Crippen LogP contribution is -2.42. The summed E-state index contributed by atoms with van der Waals surface area (Å²) in [5.74, 6) is 0.131. The molecular weight excluding hydrogens is 246 g/mol. The van der Waals surface area contributed by atoms with Crippen LogP contribution in [-0.4, -0.2) is 43.5 Å². The number of nitrogens with one attached hydrogen (secondary N) is 2. The minimum atomic E-state index is 0.131. The van der Waals surface area contributed by atoms with Crippen LogP contribution in [0, 0.1) is 0 Å². The number of likely N-dealkylation sites (tertiary alicyclic amines) is 1. The number of amides is 1. The van der Waals surface area contributed by atoms with Gasteiger partial charge in [0.05, 0.1) is 13.1 Å².